The first-order valence-corrected chi connectivity index (χ1v) is 8.60. The van der Waals surface area contributed by atoms with Crippen molar-refractivity contribution in [2.24, 2.45) is 4.99 Å². The Morgan fingerprint density at radius 2 is 1.96 bits per heavy atom. The van der Waals surface area contributed by atoms with Gasteiger partial charge in [0.1, 0.15) is 6.61 Å². The highest BCUT2D eigenvalue weighted by Crippen LogP contribution is 2.07. The average Bonchev–Trinajstić information content (AvgIpc) is 3.13. The van der Waals surface area contributed by atoms with Crippen molar-refractivity contribution in [1.82, 2.24) is 30.2 Å². The second-order valence-corrected chi connectivity index (χ2v) is 5.67. The number of methoxy groups -OCH3 is 1. The molecule has 28 heavy (non-hydrogen) atoms. The first kappa shape index (κ1) is 21.8. The lowest BCUT2D eigenvalue weighted by Crippen LogP contribution is -2.36. The molecule has 0 saturated carbocycles. The Labute approximate surface area is 180 Å². The maximum Gasteiger partial charge on any atom is 0.213 e. The predicted molar refractivity (Wildman–Crippen MR) is 117 cm³/mol. The molecule has 150 valence electrons. The van der Waals surface area contributed by atoms with E-state index in [2.05, 4.69) is 30.8 Å². The van der Waals surface area contributed by atoms with E-state index in [9.17, 15) is 0 Å². The van der Waals surface area contributed by atoms with Crippen molar-refractivity contribution in [2.45, 2.75) is 13.1 Å². The molecule has 0 unspecified atom stereocenters. The predicted octanol–water partition coefficient (Wildman–Crippen LogP) is 1.63. The quantitative estimate of drug-likeness (QED) is 0.211. The Morgan fingerprint density at radius 3 is 2.71 bits per heavy atom. The molecular weight excluding hydrogens is 473 g/mol. The first-order chi connectivity index (χ1) is 13.3. The van der Waals surface area contributed by atoms with Gasteiger partial charge < -0.3 is 20.1 Å². The molecule has 0 spiro atoms. The SMILES string of the molecule is CN=C(NCc1ccc(OCCOC)nc1)NCc1nnc2ccccn12.I. The maximum absolute atomic E-state index is 5.46. The zero-order chi connectivity index (χ0) is 18.9. The van der Waals surface area contributed by atoms with Gasteiger partial charge in [-0.15, -0.1) is 34.2 Å². The number of rotatable bonds is 8. The van der Waals surface area contributed by atoms with Crippen molar-refractivity contribution < 1.29 is 9.47 Å². The number of nitrogens with zero attached hydrogens (tertiary/aromatic N) is 5. The monoisotopic (exact) mass is 497 g/mol. The number of pyridine rings is 2. The fourth-order valence-corrected chi connectivity index (χ4v) is 2.41. The summed E-state index contributed by atoms with van der Waals surface area (Å²) in [6, 6.07) is 9.60. The zero-order valence-electron chi connectivity index (χ0n) is 15.8. The third-order valence-corrected chi connectivity index (χ3v) is 3.82. The minimum Gasteiger partial charge on any atom is -0.475 e. The van der Waals surface area contributed by atoms with Crippen molar-refractivity contribution >= 4 is 35.6 Å². The molecule has 3 rings (SSSR count). The van der Waals surface area contributed by atoms with Crippen LogP contribution < -0.4 is 15.4 Å². The largest absolute Gasteiger partial charge is 0.475 e. The lowest BCUT2D eigenvalue weighted by molar-refractivity contribution is 0.143. The smallest absolute Gasteiger partial charge is 0.213 e. The van der Waals surface area contributed by atoms with Gasteiger partial charge in [0.2, 0.25) is 5.88 Å². The number of hydrogen-bond acceptors (Lipinski definition) is 6. The van der Waals surface area contributed by atoms with Crippen molar-refractivity contribution in [2.75, 3.05) is 27.4 Å². The summed E-state index contributed by atoms with van der Waals surface area (Å²) in [5.74, 6) is 2.06. The molecule has 3 aromatic rings. The van der Waals surface area contributed by atoms with Gasteiger partial charge in [-0.05, 0) is 17.7 Å². The van der Waals surface area contributed by atoms with E-state index in [0.29, 0.717) is 38.1 Å². The van der Waals surface area contributed by atoms with E-state index in [1.165, 1.54) is 0 Å². The van der Waals surface area contributed by atoms with E-state index in [-0.39, 0.29) is 24.0 Å². The highest BCUT2D eigenvalue weighted by atomic mass is 127. The first-order valence-electron chi connectivity index (χ1n) is 8.60. The number of nitrogens with one attached hydrogen (secondary N) is 2. The summed E-state index contributed by atoms with van der Waals surface area (Å²) in [5, 5.41) is 14.8. The maximum atomic E-state index is 5.46. The van der Waals surface area contributed by atoms with Gasteiger partial charge in [0, 0.05) is 39.2 Å². The summed E-state index contributed by atoms with van der Waals surface area (Å²) in [6.45, 7) is 2.12. The highest BCUT2D eigenvalue weighted by Gasteiger charge is 2.06. The van der Waals surface area contributed by atoms with Gasteiger partial charge in [-0.2, -0.15) is 0 Å². The van der Waals surface area contributed by atoms with Crippen LogP contribution in [0.5, 0.6) is 5.88 Å². The van der Waals surface area contributed by atoms with Gasteiger partial charge in [-0.25, -0.2) is 4.98 Å². The molecule has 10 heteroatoms. The van der Waals surface area contributed by atoms with Crippen LogP contribution in [0.1, 0.15) is 11.4 Å². The van der Waals surface area contributed by atoms with Crippen LogP contribution in [-0.2, 0) is 17.8 Å². The Bertz CT molecular complexity index is 883. The summed E-state index contributed by atoms with van der Waals surface area (Å²) in [6.07, 6.45) is 3.71. The molecule has 0 amide bonds. The van der Waals surface area contributed by atoms with Crippen LogP contribution in [0, 0.1) is 0 Å². The van der Waals surface area contributed by atoms with E-state index >= 15 is 0 Å². The van der Waals surface area contributed by atoms with Crippen molar-refractivity contribution in [3.8, 4) is 5.88 Å². The number of halogens is 1. The lowest BCUT2D eigenvalue weighted by Gasteiger charge is -2.11. The lowest BCUT2D eigenvalue weighted by atomic mass is 10.3. The van der Waals surface area contributed by atoms with E-state index in [0.717, 1.165) is 17.0 Å². The second-order valence-electron chi connectivity index (χ2n) is 5.67. The Morgan fingerprint density at radius 1 is 1.11 bits per heavy atom. The molecule has 0 radical (unpaired) electrons. The van der Waals surface area contributed by atoms with Crippen LogP contribution in [0.4, 0.5) is 0 Å². The van der Waals surface area contributed by atoms with Crippen LogP contribution in [0.25, 0.3) is 5.65 Å². The Hall–Kier alpha value is -2.47. The summed E-state index contributed by atoms with van der Waals surface area (Å²) in [4.78, 5) is 8.50. The number of guanidine groups is 1. The van der Waals surface area contributed by atoms with E-state index in [1.807, 2.05) is 40.9 Å². The van der Waals surface area contributed by atoms with Crippen LogP contribution in [0.2, 0.25) is 0 Å². The van der Waals surface area contributed by atoms with Crippen LogP contribution in [-0.4, -0.2) is 52.9 Å². The minimum absolute atomic E-state index is 0. The number of ether oxygens (including phenoxy) is 2. The fourth-order valence-electron chi connectivity index (χ4n) is 2.41. The third-order valence-electron chi connectivity index (χ3n) is 3.82. The summed E-state index contributed by atoms with van der Waals surface area (Å²) in [5.41, 5.74) is 1.83. The van der Waals surface area contributed by atoms with Gasteiger partial charge in [0.05, 0.1) is 13.2 Å². The Balaban J connectivity index is 0.00000280. The van der Waals surface area contributed by atoms with Gasteiger partial charge in [0.15, 0.2) is 17.4 Å². The number of aromatic nitrogens is 4. The molecule has 0 atom stereocenters. The summed E-state index contributed by atoms with van der Waals surface area (Å²) < 4.78 is 12.3. The molecule has 0 aliphatic heterocycles. The van der Waals surface area contributed by atoms with Crippen molar-refractivity contribution in [1.29, 1.82) is 0 Å². The van der Waals surface area contributed by atoms with Crippen LogP contribution in [0.3, 0.4) is 0 Å². The Kier molecular flexibility index (Phi) is 8.88. The molecule has 3 heterocycles. The van der Waals surface area contributed by atoms with Gasteiger partial charge in [-0.3, -0.25) is 9.39 Å². The molecule has 0 bridgehead atoms. The average molecular weight is 497 g/mol. The van der Waals surface area contributed by atoms with Gasteiger partial charge in [-0.1, -0.05) is 12.1 Å². The normalized spacial score (nSPS) is 11.1. The standard InChI is InChI=1S/C18H23N7O2.HI/c1-19-18(22-13-16-24-23-15-5-3-4-8-25(15)16)21-12-14-6-7-17(20-11-14)27-10-9-26-2;/h3-8,11H,9-10,12-13H2,1-2H3,(H2,19,21,22);1H. The number of aliphatic imine (C=N–C) groups is 1. The molecule has 0 saturated heterocycles. The summed E-state index contributed by atoms with van der Waals surface area (Å²) in [7, 11) is 3.36. The molecule has 0 fully saturated rings. The second kappa shape index (κ2) is 11.4. The fraction of sp³-hybridized carbons (Fsp3) is 0.333. The van der Waals surface area contributed by atoms with E-state index in [4.69, 9.17) is 9.47 Å². The molecule has 3 aromatic heterocycles. The topological polar surface area (TPSA) is 98.0 Å². The van der Waals surface area contributed by atoms with Crippen LogP contribution >= 0.6 is 24.0 Å². The number of hydrogen-bond donors (Lipinski definition) is 2. The third kappa shape index (κ3) is 6.02. The highest BCUT2D eigenvalue weighted by molar-refractivity contribution is 14.0. The van der Waals surface area contributed by atoms with Gasteiger partial charge >= 0.3 is 0 Å². The molecule has 2 N–H and O–H groups in total. The van der Waals surface area contributed by atoms with E-state index < -0.39 is 0 Å². The zero-order valence-corrected chi connectivity index (χ0v) is 18.2. The van der Waals surface area contributed by atoms with Crippen molar-refractivity contribution in [3.63, 3.8) is 0 Å². The van der Waals surface area contributed by atoms with E-state index in [1.54, 1.807) is 20.4 Å². The minimum atomic E-state index is 0. The molecular formula is C18H24IN7O2. The molecule has 0 aromatic carbocycles. The molecule has 9 nitrogen and oxygen atoms in total. The van der Waals surface area contributed by atoms with Gasteiger partial charge in [0.25, 0.3) is 0 Å². The molecule has 0 aliphatic rings. The van der Waals surface area contributed by atoms with Crippen molar-refractivity contribution in [3.05, 3.63) is 54.1 Å². The number of fused-ring (bicyclic) bond motifs is 1. The molecule has 0 aliphatic carbocycles. The summed E-state index contributed by atoms with van der Waals surface area (Å²) >= 11 is 0. The van der Waals surface area contributed by atoms with Crippen LogP contribution in [0.15, 0.2) is 47.7 Å².